The standard InChI is InChI=1S/C12H14BrN/c13-10-3-1-8(2-4-10)11-5-9-6-14-7-12(9)11/h1-4,9,11-12,14H,5-7H2/t9-,11+,12-/m1/s1. The van der Waals surface area contributed by atoms with E-state index >= 15 is 0 Å². The number of nitrogens with one attached hydrogen (secondary N) is 1. The van der Waals surface area contributed by atoms with Crippen molar-refractivity contribution in [2.45, 2.75) is 12.3 Å². The third kappa shape index (κ3) is 1.32. The predicted molar refractivity (Wildman–Crippen MR) is 61.3 cm³/mol. The van der Waals surface area contributed by atoms with E-state index in [1.807, 2.05) is 0 Å². The van der Waals surface area contributed by atoms with Crippen LogP contribution in [0.3, 0.4) is 0 Å². The van der Waals surface area contributed by atoms with E-state index in [0.717, 1.165) is 17.8 Å². The summed E-state index contributed by atoms with van der Waals surface area (Å²) in [4.78, 5) is 0. The van der Waals surface area contributed by atoms with Gasteiger partial charge in [-0.3, -0.25) is 0 Å². The molecule has 0 spiro atoms. The largest absolute Gasteiger partial charge is 0.316 e. The first-order chi connectivity index (χ1) is 6.84. The molecule has 2 fully saturated rings. The first kappa shape index (κ1) is 8.93. The lowest BCUT2D eigenvalue weighted by Gasteiger charge is -2.40. The summed E-state index contributed by atoms with van der Waals surface area (Å²) < 4.78 is 1.18. The van der Waals surface area contributed by atoms with Gasteiger partial charge in [-0.2, -0.15) is 0 Å². The van der Waals surface area contributed by atoms with Crippen molar-refractivity contribution in [1.29, 1.82) is 0 Å². The fourth-order valence-corrected chi connectivity index (χ4v) is 3.15. The minimum Gasteiger partial charge on any atom is -0.316 e. The molecule has 0 amide bonds. The SMILES string of the molecule is Brc1ccc([C@@H]2C[C@@H]3CNC[C@H]32)cc1. The molecule has 14 heavy (non-hydrogen) atoms. The quantitative estimate of drug-likeness (QED) is 0.810. The summed E-state index contributed by atoms with van der Waals surface area (Å²) in [6.07, 6.45) is 1.39. The zero-order valence-corrected chi connectivity index (χ0v) is 9.63. The molecule has 2 aliphatic rings. The molecule has 1 heterocycles. The van der Waals surface area contributed by atoms with Gasteiger partial charge in [0.15, 0.2) is 0 Å². The van der Waals surface area contributed by atoms with Crippen LogP contribution in [-0.4, -0.2) is 13.1 Å². The van der Waals surface area contributed by atoms with E-state index in [2.05, 4.69) is 45.5 Å². The second-order valence-electron chi connectivity index (χ2n) is 4.48. The highest BCUT2D eigenvalue weighted by atomic mass is 79.9. The Morgan fingerprint density at radius 1 is 1.14 bits per heavy atom. The second kappa shape index (κ2) is 3.35. The molecular formula is C12H14BrN. The fourth-order valence-electron chi connectivity index (χ4n) is 2.88. The Morgan fingerprint density at radius 3 is 2.64 bits per heavy atom. The number of hydrogen-bond acceptors (Lipinski definition) is 1. The summed E-state index contributed by atoms with van der Waals surface area (Å²) in [5, 5.41) is 3.49. The Labute approximate surface area is 93.0 Å². The monoisotopic (exact) mass is 251 g/mol. The van der Waals surface area contributed by atoms with E-state index in [4.69, 9.17) is 0 Å². The van der Waals surface area contributed by atoms with Crippen molar-refractivity contribution in [3.05, 3.63) is 34.3 Å². The predicted octanol–water partition coefficient (Wildman–Crippen LogP) is 2.77. The van der Waals surface area contributed by atoms with Gasteiger partial charge in [0, 0.05) is 4.47 Å². The van der Waals surface area contributed by atoms with Crippen LogP contribution in [0, 0.1) is 11.8 Å². The van der Waals surface area contributed by atoms with E-state index in [9.17, 15) is 0 Å². The van der Waals surface area contributed by atoms with E-state index in [-0.39, 0.29) is 0 Å². The van der Waals surface area contributed by atoms with Gasteiger partial charge in [-0.15, -0.1) is 0 Å². The summed E-state index contributed by atoms with van der Waals surface area (Å²) in [6, 6.07) is 8.85. The van der Waals surface area contributed by atoms with Crippen molar-refractivity contribution in [2.24, 2.45) is 11.8 Å². The highest BCUT2D eigenvalue weighted by Gasteiger charge is 2.44. The lowest BCUT2D eigenvalue weighted by molar-refractivity contribution is 0.191. The summed E-state index contributed by atoms with van der Waals surface area (Å²) in [6.45, 7) is 2.48. The molecule has 1 aliphatic carbocycles. The Morgan fingerprint density at radius 2 is 1.93 bits per heavy atom. The maximum atomic E-state index is 3.49. The van der Waals surface area contributed by atoms with Gasteiger partial charge < -0.3 is 5.32 Å². The van der Waals surface area contributed by atoms with Gasteiger partial charge in [0.25, 0.3) is 0 Å². The van der Waals surface area contributed by atoms with E-state index in [1.165, 1.54) is 29.5 Å². The number of rotatable bonds is 1. The highest BCUT2D eigenvalue weighted by Crippen LogP contribution is 2.48. The molecule has 1 nitrogen and oxygen atoms in total. The van der Waals surface area contributed by atoms with Crippen LogP contribution in [0.4, 0.5) is 0 Å². The lowest BCUT2D eigenvalue weighted by atomic mass is 9.64. The van der Waals surface area contributed by atoms with Crippen molar-refractivity contribution in [3.63, 3.8) is 0 Å². The summed E-state index contributed by atoms with van der Waals surface area (Å²) >= 11 is 3.48. The highest BCUT2D eigenvalue weighted by molar-refractivity contribution is 9.10. The third-order valence-electron chi connectivity index (χ3n) is 3.76. The molecule has 1 aliphatic heterocycles. The third-order valence-corrected chi connectivity index (χ3v) is 4.29. The van der Waals surface area contributed by atoms with Crippen LogP contribution < -0.4 is 5.32 Å². The Hall–Kier alpha value is -0.340. The molecule has 1 aromatic carbocycles. The zero-order chi connectivity index (χ0) is 9.54. The molecule has 3 atom stereocenters. The van der Waals surface area contributed by atoms with Crippen LogP contribution >= 0.6 is 15.9 Å². The van der Waals surface area contributed by atoms with Crippen LogP contribution in [0.5, 0.6) is 0 Å². The minimum absolute atomic E-state index is 0.822. The molecule has 1 saturated carbocycles. The van der Waals surface area contributed by atoms with Gasteiger partial charge in [0.05, 0.1) is 0 Å². The summed E-state index contributed by atoms with van der Waals surface area (Å²) in [7, 11) is 0. The van der Waals surface area contributed by atoms with Gasteiger partial charge in [-0.05, 0) is 55.0 Å². The second-order valence-corrected chi connectivity index (χ2v) is 5.39. The molecule has 74 valence electrons. The normalized spacial score (nSPS) is 35.1. The topological polar surface area (TPSA) is 12.0 Å². The molecule has 1 saturated heterocycles. The molecule has 1 aromatic rings. The Kier molecular flexibility index (Phi) is 2.14. The van der Waals surface area contributed by atoms with Crippen LogP contribution in [0.15, 0.2) is 28.7 Å². The maximum absolute atomic E-state index is 3.49. The zero-order valence-electron chi connectivity index (χ0n) is 8.04. The van der Waals surface area contributed by atoms with Crippen LogP contribution in [-0.2, 0) is 0 Å². The molecule has 0 unspecified atom stereocenters. The van der Waals surface area contributed by atoms with Crippen molar-refractivity contribution in [2.75, 3.05) is 13.1 Å². The van der Waals surface area contributed by atoms with Crippen LogP contribution in [0.1, 0.15) is 17.9 Å². The van der Waals surface area contributed by atoms with Crippen LogP contribution in [0.25, 0.3) is 0 Å². The smallest absolute Gasteiger partial charge is 0.0175 e. The molecule has 0 bridgehead atoms. The number of fused-ring (bicyclic) bond motifs is 1. The molecule has 2 heteroatoms. The van der Waals surface area contributed by atoms with E-state index in [0.29, 0.717) is 0 Å². The van der Waals surface area contributed by atoms with E-state index in [1.54, 1.807) is 0 Å². The summed E-state index contributed by atoms with van der Waals surface area (Å²) in [5.41, 5.74) is 1.53. The van der Waals surface area contributed by atoms with Crippen molar-refractivity contribution in [3.8, 4) is 0 Å². The summed E-state index contributed by atoms with van der Waals surface area (Å²) in [5.74, 6) is 2.70. The van der Waals surface area contributed by atoms with Crippen molar-refractivity contribution >= 4 is 15.9 Å². The van der Waals surface area contributed by atoms with Gasteiger partial charge in [0.2, 0.25) is 0 Å². The maximum Gasteiger partial charge on any atom is 0.0175 e. The molecule has 0 aromatic heterocycles. The Bertz CT molecular complexity index is 333. The van der Waals surface area contributed by atoms with Crippen molar-refractivity contribution in [1.82, 2.24) is 5.32 Å². The van der Waals surface area contributed by atoms with Gasteiger partial charge >= 0.3 is 0 Å². The van der Waals surface area contributed by atoms with Gasteiger partial charge in [0.1, 0.15) is 0 Å². The van der Waals surface area contributed by atoms with Crippen LogP contribution in [0.2, 0.25) is 0 Å². The number of benzene rings is 1. The first-order valence-electron chi connectivity index (χ1n) is 5.31. The van der Waals surface area contributed by atoms with Gasteiger partial charge in [-0.1, -0.05) is 28.1 Å². The molecule has 3 rings (SSSR count). The first-order valence-corrected chi connectivity index (χ1v) is 6.10. The molecular weight excluding hydrogens is 238 g/mol. The Balaban J connectivity index is 1.80. The molecule has 0 radical (unpaired) electrons. The number of halogens is 1. The van der Waals surface area contributed by atoms with E-state index < -0.39 is 0 Å². The fraction of sp³-hybridized carbons (Fsp3) is 0.500. The average Bonchev–Trinajstić information content (AvgIpc) is 2.52. The number of hydrogen-bond donors (Lipinski definition) is 1. The molecule has 1 N–H and O–H groups in total. The van der Waals surface area contributed by atoms with Crippen molar-refractivity contribution < 1.29 is 0 Å². The lowest BCUT2D eigenvalue weighted by Crippen LogP contribution is -2.33. The van der Waals surface area contributed by atoms with Gasteiger partial charge in [-0.25, -0.2) is 0 Å². The minimum atomic E-state index is 0.822. The average molecular weight is 252 g/mol.